The van der Waals surface area contributed by atoms with Crippen molar-refractivity contribution in [2.75, 3.05) is 12.4 Å². The number of halogens is 1. The van der Waals surface area contributed by atoms with Crippen LogP contribution in [-0.4, -0.2) is 19.2 Å². The summed E-state index contributed by atoms with van der Waals surface area (Å²) in [6.45, 7) is 0. The van der Waals surface area contributed by atoms with Gasteiger partial charge in [-0.3, -0.25) is 4.79 Å². The zero-order chi connectivity index (χ0) is 17.6. The lowest BCUT2D eigenvalue weighted by molar-refractivity contribution is 0.103. The van der Waals surface area contributed by atoms with Crippen molar-refractivity contribution in [1.82, 2.24) is 0 Å². The second kappa shape index (κ2) is 8.09. The molecule has 0 bridgehead atoms. The molecule has 0 radical (unpaired) electrons. The van der Waals surface area contributed by atoms with Crippen LogP contribution in [0.2, 0.25) is 0 Å². The zero-order valence-corrected chi connectivity index (χ0v) is 15.8. The van der Waals surface area contributed by atoms with Gasteiger partial charge in [0.25, 0.3) is 5.91 Å². The number of nitrogens with one attached hydrogen (secondary N) is 1. The van der Waals surface area contributed by atoms with Crippen LogP contribution in [0.25, 0.3) is 11.1 Å². The lowest BCUT2D eigenvalue weighted by Gasteiger charge is -2.11. The largest absolute Gasteiger partial charge is 0.399 e. The van der Waals surface area contributed by atoms with Gasteiger partial charge >= 0.3 is 0 Å². The van der Waals surface area contributed by atoms with Gasteiger partial charge in [-0.2, -0.15) is 0 Å². The number of nitrogens with zero attached hydrogens (tertiary/aromatic N) is 1. The maximum absolute atomic E-state index is 12.5. The topological polar surface area (TPSA) is 50.7 Å². The first-order valence-electron chi connectivity index (χ1n) is 7.49. The van der Waals surface area contributed by atoms with Crippen LogP contribution in [0.15, 0.2) is 69.6 Å². The van der Waals surface area contributed by atoms with E-state index in [1.807, 2.05) is 60.0 Å². The van der Waals surface area contributed by atoms with Crippen molar-refractivity contribution < 1.29 is 9.63 Å². The highest BCUT2D eigenvalue weighted by Gasteiger charge is 2.14. The third-order valence-corrected chi connectivity index (χ3v) is 5.34. The first-order valence-corrected chi connectivity index (χ1v) is 9.16. The van der Waals surface area contributed by atoms with Crippen LogP contribution < -0.4 is 5.32 Å². The van der Waals surface area contributed by atoms with Crippen LogP contribution >= 0.6 is 27.3 Å². The third-order valence-electron chi connectivity index (χ3n) is 3.50. The van der Waals surface area contributed by atoms with Crippen LogP contribution in [0.1, 0.15) is 15.2 Å². The monoisotopic (exact) mass is 414 g/mol. The van der Waals surface area contributed by atoms with Crippen molar-refractivity contribution in [3.05, 3.63) is 74.9 Å². The minimum absolute atomic E-state index is 0.133. The van der Waals surface area contributed by atoms with Crippen molar-refractivity contribution in [3.63, 3.8) is 0 Å². The number of anilines is 1. The Morgan fingerprint density at radius 1 is 1.20 bits per heavy atom. The molecule has 0 fully saturated rings. The van der Waals surface area contributed by atoms with Gasteiger partial charge in [-0.1, -0.05) is 41.6 Å². The molecule has 3 rings (SSSR count). The molecule has 4 nitrogen and oxygen atoms in total. The smallest absolute Gasteiger partial charge is 0.266 e. The number of oxime groups is 1. The molecule has 6 heteroatoms. The number of hydrogen-bond donors (Lipinski definition) is 1. The van der Waals surface area contributed by atoms with E-state index in [0.717, 1.165) is 26.9 Å². The number of rotatable bonds is 5. The van der Waals surface area contributed by atoms with Crippen molar-refractivity contribution in [3.8, 4) is 11.1 Å². The summed E-state index contributed by atoms with van der Waals surface area (Å²) in [4.78, 5) is 17.9. The Hall–Kier alpha value is -2.44. The molecular formula is C19H15BrN2O2S. The number of carbonyl (C=O) groups excluding carboxylic acids is 1. The summed E-state index contributed by atoms with van der Waals surface area (Å²) < 4.78 is 0.797. The lowest BCUT2D eigenvalue weighted by Crippen LogP contribution is -2.11. The van der Waals surface area contributed by atoms with Crippen LogP contribution in [0.5, 0.6) is 0 Å². The number of hydrogen-bond acceptors (Lipinski definition) is 4. The van der Waals surface area contributed by atoms with E-state index in [1.165, 1.54) is 18.4 Å². The van der Waals surface area contributed by atoms with Gasteiger partial charge in [0, 0.05) is 15.7 Å². The van der Waals surface area contributed by atoms with Crippen molar-refractivity contribution in [2.24, 2.45) is 5.16 Å². The standard InChI is InChI=1S/C19H15BrN2O2S/c1-24-21-12-13-5-4-6-14(11-13)15-7-2-3-8-17(15)22-19(23)18-16(20)9-10-25-18/h2-12H,1H3,(H,22,23)/b21-12+. The lowest BCUT2D eigenvalue weighted by atomic mass is 10.0. The van der Waals surface area contributed by atoms with E-state index < -0.39 is 0 Å². The fourth-order valence-corrected chi connectivity index (χ4v) is 3.83. The Morgan fingerprint density at radius 3 is 2.80 bits per heavy atom. The molecule has 0 saturated carbocycles. The molecule has 0 saturated heterocycles. The summed E-state index contributed by atoms with van der Waals surface area (Å²) in [5.41, 5.74) is 3.60. The number of benzene rings is 2. The maximum atomic E-state index is 12.5. The average Bonchev–Trinajstić information content (AvgIpc) is 3.07. The van der Waals surface area contributed by atoms with Gasteiger partial charge in [0.2, 0.25) is 0 Å². The number of amides is 1. The zero-order valence-electron chi connectivity index (χ0n) is 13.4. The minimum atomic E-state index is -0.133. The highest BCUT2D eigenvalue weighted by atomic mass is 79.9. The predicted octanol–water partition coefficient (Wildman–Crippen LogP) is 5.41. The van der Waals surface area contributed by atoms with Gasteiger partial charge in [-0.05, 0) is 50.6 Å². The SMILES string of the molecule is CO/N=C/c1cccc(-c2ccccc2NC(=O)c2sccc2Br)c1. The molecule has 0 aliphatic carbocycles. The molecule has 0 aliphatic rings. The van der Waals surface area contributed by atoms with Crippen LogP contribution in [0.4, 0.5) is 5.69 Å². The van der Waals surface area contributed by atoms with Gasteiger partial charge in [-0.25, -0.2) is 0 Å². The normalized spacial score (nSPS) is 10.8. The molecule has 0 unspecified atom stereocenters. The Labute approximate surface area is 158 Å². The van der Waals surface area contributed by atoms with E-state index >= 15 is 0 Å². The summed E-state index contributed by atoms with van der Waals surface area (Å²) in [5.74, 6) is -0.133. The van der Waals surface area contributed by atoms with E-state index in [9.17, 15) is 4.79 Å². The molecule has 1 heterocycles. The summed E-state index contributed by atoms with van der Waals surface area (Å²) in [5, 5.41) is 8.67. The van der Waals surface area contributed by atoms with Crippen LogP contribution in [0, 0.1) is 0 Å². The van der Waals surface area contributed by atoms with E-state index in [-0.39, 0.29) is 5.91 Å². The van der Waals surface area contributed by atoms with Gasteiger partial charge in [0.1, 0.15) is 12.0 Å². The fraction of sp³-hybridized carbons (Fsp3) is 0.0526. The first-order chi connectivity index (χ1) is 12.2. The second-order valence-electron chi connectivity index (χ2n) is 5.14. The molecule has 2 aromatic carbocycles. The van der Waals surface area contributed by atoms with E-state index in [2.05, 4.69) is 26.4 Å². The fourth-order valence-electron chi connectivity index (χ4n) is 2.38. The molecule has 1 N–H and O–H groups in total. The molecule has 1 amide bonds. The third kappa shape index (κ3) is 4.15. The molecule has 0 aliphatic heterocycles. The number of para-hydroxylation sites is 1. The summed E-state index contributed by atoms with van der Waals surface area (Å²) in [6, 6.07) is 17.5. The van der Waals surface area contributed by atoms with Gasteiger partial charge < -0.3 is 10.2 Å². The molecular weight excluding hydrogens is 400 g/mol. The molecule has 3 aromatic rings. The minimum Gasteiger partial charge on any atom is -0.399 e. The summed E-state index contributed by atoms with van der Waals surface area (Å²) in [6.07, 6.45) is 1.65. The van der Waals surface area contributed by atoms with Gasteiger partial charge in [-0.15, -0.1) is 11.3 Å². The summed E-state index contributed by atoms with van der Waals surface area (Å²) in [7, 11) is 1.51. The van der Waals surface area contributed by atoms with E-state index in [1.54, 1.807) is 6.21 Å². The Bertz CT molecular complexity index is 921. The van der Waals surface area contributed by atoms with E-state index in [4.69, 9.17) is 4.84 Å². The predicted molar refractivity (Wildman–Crippen MR) is 106 cm³/mol. The van der Waals surface area contributed by atoms with Crippen molar-refractivity contribution in [1.29, 1.82) is 0 Å². The average molecular weight is 415 g/mol. The highest BCUT2D eigenvalue weighted by molar-refractivity contribution is 9.10. The van der Waals surface area contributed by atoms with Gasteiger partial charge in [0.05, 0.1) is 6.21 Å². The van der Waals surface area contributed by atoms with Gasteiger partial charge in [0.15, 0.2) is 0 Å². The first kappa shape index (κ1) is 17.4. The Morgan fingerprint density at radius 2 is 2.04 bits per heavy atom. The Kier molecular flexibility index (Phi) is 5.63. The van der Waals surface area contributed by atoms with Crippen molar-refractivity contribution >= 4 is 45.1 Å². The quantitative estimate of drug-likeness (QED) is 0.448. The van der Waals surface area contributed by atoms with Crippen LogP contribution in [-0.2, 0) is 4.84 Å². The molecule has 126 valence electrons. The highest BCUT2D eigenvalue weighted by Crippen LogP contribution is 2.30. The molecule has 1 aromatic heterocycles. The van der Waals surface area contributed by atoms with Crippen molar-refractivity contribution in [2.45, 2.75) is 0 Å². The van der Waals surface area contributed by atoms with E-state index in [0.29, 0.717) is 4.88 Å². The molecule has 25 heavy (non-hydrogen) atoms. The molecule has 0 spiro atoms. The van der Waals surface area contributed by atoms with Crippen LogP contribution in [0.3, 0.4) is 0 Å². The molecule has 0 atom stereocenters. The second-order valence-corrected chi connectivity index (χ2v) is 6.91. The number of thiophene rings is 1. The number of carbonyl (C=O) groups is 1. The maximum Gasteiger partial charge on any atom is 0.266 e. The summed E-state index contributed by atoms with van der Waals surface area (Å²) >= 11 is 4.80. The Balaban J connectivity index is 1.93.